The summed E-state index contributed by atoms with van der Waals surface area (Å²) in [5, 5.41) is 0.688. The molecule has 3 rings (SSSR count). The van der Waals surface area contributed by atoms with Gasteiger partial charge in [0.05, 0.1) is 24.0 Å². The minimum Gasteiger partial charge on any atom is -0.480 e. The molecule has 1 fully saturated rings. The molecule has 176 valence electrons. The summed E-state index contributed by atoms with van der Waals surface area (Å²) in [6, 6.07) is 0. The molecule has 2 aromatic rings. The third-order valence-corrected chi connectivity index (χ3v) is 5.81. The highest BCUT2D eigenvalue weighted by Gasteiger charge is 2.42. The van der Waals surface area contributed by atoms with Gasteiger partial charge in [-0.25, -0.2) is 0 Å². The van der Waals surface area contributed by atoms with E-state index in [1.807, 2.05) is 0 Å². The van der Waals surface area contributed by atoms with Crippen LogP contribution in [0.25, 0.3) is 11.0 Å². The maximum atomic E-state index is 12.3. The van der Waals surface area contributed by atoms with Crippen molar-refractivity contribution in [1.29, 1.82) is 0 Å². The largest absolute Gasteiger partial charge is 0.480 e. The van der Waals surface area contributed by atoms with Crippen LogP contribution in [0.2, 0.25) is 10.2 Å². The Labute approximate surface area is 195 Å². The van der Waals surface area contributed by atoms with Gasteiger partial charge in [0.25, 0.3) is 0 Å². The molecule has 2 N–H and O–H groups in total. The van der Waals surface area contributed by atoms with E-state index in [2.05, 4.69) is 9.97 Å². The van der Waals surface area contributed by atoms with Gasteiger partial charge in [0.2, 0.25) is 11.8 Å². The van der Waals surface area contributed by atoms with Gasteiger partial charge < -0.3 is 24.7 Å². The van der Waals surface area contributed by atoms with E-state index in [-0.39, 0.29) is 52.8 Å². The van der Waals surface area contributed by atoms with Crippen molar-refractivity contribution in [2.24, 2.45) is 11.8 Å². The lowest BCUT2D eigenvalue weighted by Gasteiger charge is -2.20. The fourth-order valence-electron chi connectivity index (χ4n) is 3.27. The summed E-state index contributed by atoms with van der Waals surface area (Å²) in [4.78, 5) is 32.5. The molecule has 3 atom stereocenters. The number of hydrogen-bond donors (Lipinski definition) is 1. The van der Waals surface area contributed by atoms with Crippen LogP contribution >= 0.6 is 23.2 Å². The normalized spacial score (nSPS) is 20.8. The fourth-order valence-corrected chi connectivity index (χ4v) is 3.81. The zero-order valence-electron chi connectivity index (χ0n) is 18.4. The Morgan fingerprint density at radius 3 is 2.44 bits per heavy atom. The van der Waals surface area contributed by atoms with Crippen LogP contribution in [0.3, 0.4) is 0 Å². The number of anilines is 1. The number of carbonyl (C=O) groups is 2. The number of nitrogens with zero attached hydrogens (tertiary/aromatic N) is 3. The lowest BCUT2D eigenvalue weighted by Crippen LogP contribution is -2.33. The smallest absolute Gasteiger partial charge is 0.308 e. The van der Waals surface area contributed by atoms with Crippen molar-refractivity contribution in [3.8, 4) is 5.88 Å². The second kappa shape index (κ2) is 9.68. The number of carbonyl (C=O) groups excluding carboxylic acids is 2. The van der Waals surface area contributed by atoms with Crippen LogP contribution in [0.5, 0.6) is 5.88 Å². The highest BCUT2D eigenvalue weighted by molar-refractivity contribution is 6.45. The minimum absolute atomic E-state index is 0.0374. The van der Waals surface area contributed by atoms with Crippen molar-refractivity contribution in [1.82, 2.24) is 14.5 Å². The maximum Gasteiger partial charge on any atom is 0.308 e. The van der Waals surface area contributed by atoms with E-state index < -0.39 is 24.4 Å². The van der Waals surface area contributed by atoms with Crippen molar-refractivity contribution in [2.45, 2.75) is 52.6 Å². The van der Waals surface area contributed by atoms with Crippen LogP contribution < -0.4 is 10.5 Å². The number of aromatic nitrogens is 3. The Balaban J connectivity index is 1.96. The first-order chi connectivity index (χ1) is 15.0. The topological polar surface area (TPSA) is 128 Å². The molecule has 1 aliphatic heterocycles. The van der Waals surface area contributed by atoms with Crippen molar-refractivity contribution >= 4 is 52.1 Å². The minimum atomic E-state index is -0.718. The highest BCUT2D eigenvalue weighted by atomic mass is 35.5. The van der Waals surface area contributed by atoms with E-state index in [1.54, 1.807) is 32.3 Å². The van der Waals surface area contributed by atoms with E-state index in [4.69, 9.17) is 47.9 Å². The van der Waals surface area contributed by atoms with Gasteiger partial charge in [0.15, 0.2) is 5.65 Å². The fraction of sp³-hybridized carbons (Fsp3) is 0.600. The van der Waals surface area contributed by atoms with Crippen LogP contribution in [0.15, 0.2) is 0 Å². The molecule has 0 aromatic carbocycles. The van der Waals surface area contributed by atoms with Gasteiger partial charge >= 0.3 is 11.9 Å². The van der Waals surface area contributed by atoms with E-state index in [0.29, 0.717) is 11.0 Å². The first-order valence-corrected chi connectivity index (χ1v) is 10.9. The summed E-state index contributed by atoms with van der Waals surface area (Å²) in [5.74, 6) is -1.29. The zero-order chi connectivity index (χ0) is 23.7. The summed E-state index contributed by atoms with van der Waals surface area (Å²) < 4.78 is 23.9. The quantitative estimate of drug-likeness (QED) is 0.582. The lowest BCUT2D eigenvalue weighted by atomic mass is 10.1. The molecule has 0 saturated carbocycles. The molecule has 0 amide bonds. The molecule has 32 heavy (non-hydrogen) atoms. The van der Waals surface area contributed by atoms with Crippen molar-refractivity contribution in [2.75, 3.05) is 19.5 Å². The van der Waals surface area contributed by atoms with Crippen LogP contribution in [0.4, 0.5) is 5.95 Å². The van der Waals surface area contributed by atoms with E-state index in [0.717, 1.165) is 0 Å². The van der Waals surface area contributed by atoms with Gasteiger partial charge in [0, 0.05) is 6.42 Å². The first-order valence-electron chi connectivity index (χ1n) is 10.1. The van der Waals surface area contributed by atoms with Gasteiger partial charge in [-0.2, -0.15) is 9.97 Å². The molecule has 0 radical (unpaired) electrons. The van der Waals surface area contributed by atoms with E-state index >= 15 is 0 Å². The number of ether oxygens (including phenoxy) is 4. The average molecular weight is 489 g/mol. The number of rotatable bonds is 7. The van der Waals surface area contributed by atoms with Crippen LogP contribution in [-0.4, -0.2) is 52.4 Å². The third-order valence-electron chi connectivity index (χ3n) is 4.98. The number of esters is 2. The maximum absolute atomic E-state index is 12.3. The molecule has 1 aliphatic rings. The summed E-state index contributed by atoms with van der Waals surface area (Å²) in [5.41, 5.74) is 6.13. The summed E-state index contributed by atoms with van der Waals surface area (Å²) in [6.45, 7) is 6.82. The van der Waals surface area contributed by atoms with Gasteiger partial charge in [-0.15, -0.1) is 0 Å². The molecule has 1 saturated heterocycles. The number of halogens is 2. The SMILES string of the molecule is COc1nc(N)nc2c1c(Cl)c(Cl)n2[C@@H]1C[C@H](OC(=O)C(C)C)[C@@H](COC(=O)C(C)C)O1. The molecule has 2 aromatic heterocycles. The van der Waals surface area contributed by atoms with Crippen LogP contribution in [0.1, 0.15) is 40.3 Å². The summed E-state index contributed by atoms with van der Waals surface area (Å²) in [7, 11) is 1.43. The molecule has 10 nitrogen and oxygen atoms in total. The predicted octanol–water partition coefficient (Wildman–Crippen LogP) is 3.38. The number of nitrogens with two attached hydrogens (primary N) is 1. The van der Waals surface area contributed by atoms with Crippen LogP contribution in [-0.2, 0) is 23.8 Å². The van der Waals surface area contributed by atoms with Gasteiger partial charge in [-0.1, -0.05) is 50.9 Å². The number of fused-ring (bicyclic) bond motifs is 1. The van der Waals surface area contributed by atoms with Crippen molar-refractivity contribution < 1.29 is 28.5 Å². The van der Waals surface area contributed by atoms with Gasteiger partial charge in [0.1, 0.15) is 35.6 Å². The van der Waals surface area contributed by atoms with Crippen molar-refractivity contribution in [3.05, 3.63) is 10.2 Å². The zero-order valence-corrected chi connectivity index (χ0v) is 19.9. The molecule has 0 aliphatic carbocycles. The Bertz CT molecular complexity index is 1030. The van der Waals surface area contributed by atoms with E-state index in [1.165, 1.54) is 7.11 Å². The number of nitrogen functional groups attached to an aromatic ring is 1. The standard InChI is InChI=1S/C20H26Cl2N4O6/c1-8(2)18(27)30-7-11-10(32-19(28)9(3)4)6-12(31-11)26-15(22)14(21)13-16(26)24-20(23)25-17(13)29-5/h8-12H,6-7H2,1-5H3,(H2,23,24,25)/t10-,11+,12-/m0/s1. The monoisotopic (exact) mass is 488 g/mol. The number of hydrogen-bond acceptors (Lipinski definition) is 9. The molecular weight excluding hydrogens is 463 g/mol. The van der Waals surface area contributed by atoms with Gasteiger partial charge in [-0.3, -0.25) is 14.2 Å². The van der Waals surface area contributed by atoms with Gasteiger partial charge in [-0.05, 0) is 0 Å². The number of methoxy groups -OCH3 is 1. The molecule has 0 spiro atoms. The Morgan fingerprint density at radius 1 is 1.19 bits per heavy atom. The molecule has 0 unspecified atom stereocenters. The second-order valence-electron chi connectivity index (χ2n) is 8.04. The summed E-state index contributed by atoms with van der Waals surface area (Å²) in [6.07, 6.45) is -1.87. The first kappa shape index (κ1) is 24.3. The second-order valence-corrected chi connectivity index (χ2v) is 8.78. The highest BCUT2D eigenvalue weighted by Crippen LogP contribution is 2.43. The molecule has 0 bridgehead atoms. The Kier molecular flexibility index (Phi) is 7.36. The van der Waals surface area contributed by atoms with Crippen LogP contribution in [0, 0.1) is 11.8 Å². The lowest BCUT2D eigenvalue weighted by molar-refractivity contribution is -0.162. The predicted molar refractivity (Wildman–Crippen MR) is 118 cm³/mol. The molecular formula is C20H26Cl2N4O6. The summed E-state index contributed by atoms with van der Waals surface area (Å²) >= 11 is 12.9. The molecule has 3 heterocycles. The van der Waals surface area contributed by atoms with E-state index in [9.17, 15) is 9.59 Å². The Morgan fingerprint density at radius 2 is 1.84 bits per heavy atom. The molecule has 12 heteroatoms. The van der Waals surface area contributed by atoms with Crippen molar-refractivity contribution in [3.63, 3.8) is 0 Å². The third kappa shape index (κ3) is 4.72. The average Bonchev–Trinajstić information content (AvgIpc) is 3.23. The Hall–Kier alpha value is -2.30.